The van der Waals surface area contributed by atoms with Crippen LogP contribution in [0.3, 0.4) is 0 Å². The first-order valence-corrected chi connectivity index (χ1v) is 5.92. The molecular weight excluding hydrogens is 257 g/mol. The number of hydrogen-bond donors (Lipinski definition) is 1. The van der Waals surface area contributed by atoms with E-state index in [1.165, 1.54) is 24.3 Å². The third-order valence-electron chi connectivity index (χ3n) is 2.50. The van der Waals surface area contributed by atoms with Crippen LogP contribution in [0.15, 0.2) is 48.5 Å². The van der Waals surface area contributed by atoms with Gasteiger partial charge in [-0.15, -0.1) is 6.42 Å². The average molecular weight is 269 g/mol. The standard InChI is InChI=1S/C16H12FNO2/c1-2-12-4-3-5-14(10-12)18-16(19)11-20-15-8-6-13(17)7-9-15/h1,3-10H,11H2,(H,18,19). The Labute approximate surface area is 116 Å². The summed E-state index contributed by atoms with van der Waals surface area (Å²) in [5, 5.41) is 2.66. The summed E-state index contributed by atoms with van der Waals surface area (Å²) in [5.74, 6) is 2.25. The van der Waals surface area contributed by atoms with Gasteiger partial charge in [0, 0.05) is 11.3 Å². The third kappa shape index (κ3) is 3.85. The molecule has 0 saturated carbocycles. The van der Waals surface area contributed by atoms with Crippen molar-refractivity contribution in [1.29, 1.82) is 0 Å². The molecule has 0 saturated heterocycles. The summed E-state index contributed by atoms with van der Waals surface area (Å²) in [6.45, 7) is -0.161. The monoisotopic (exact) mass is 269 g/mol. The minimum absolute atomic E-state index is 0.161. The maximum Gasteiger partial charge on any atom is 0.262 e. The zero-order valence-corrected chi connectivity index (χ0v) is 10.6. The zero-order chi connectivity index (χ0) is 14.4. The first-order valence-electron chi connectivity index (χ1n) is 5.92. The highest BCUT2D eigenvalue weighted by Gasteiger charge is 2.04. The minimum atomic E-state index is -0.354. The third-order valence-corrected chi connectivity index (χ3v) is 2.50. The number of terminal acetylenes is 1. The SMILES string of the molecule is C#Cc1cccc(NC(=O)COc2ccc(F)cc2)c1. The summed E-state index contributed by atoms with van der Waals surface area (Å²) >= 11 is 0. The molecule has 0 atom stereocenters. The highest BCUT2D eigenvalue weighted by molar-refractivity contribution is 5.92. The molecule has 100 valence electrons. The number of amides is 1. The van der Waals surface area contributed by atoms with E-state index in [0.29, 0.717) is 17.0 Å². The van der Waals surface area contributed by atoms with Crippen molar-refractivity contribution < 1.29 is 13.9 Å². The number of benzene rings is 2. The van der Waals surface area contributed by atoms with Crippen molar-refractivity contribution in [2.75, 3.05) is 11.9 Å². The van der Waals surface area contributed by atoms with Crippen molar-refractivity contribution >= 4 is 11.6 Å². The van der Waals surface area contributed by atoms with Crippen LogP contribution in [0.1, 0.15) is 5.56 Å². The Bertz CT molecular complexity index is 644. The van der Waals surface area contributed by atoms with E-state index in [1.54, 1.807) is 24.3 Å². The number of anilines is 1. The highest BCUT2D eigenvalue weighted by atomic mass is 19.1. The van der Waals surface area contributed by atoms with Crippen LogP contribution < -0.4 is 10.1 Å². The van der Waals surface area contributed by atoms with Crippen molar-refractivity contribution in [3.8, 4) is 18.1 Å². The lowest BCUT2D eigenvalue weighted by molar-refractivity contribution is -0.118. The van der Waals surface area contributed by atoms with Gasteiger partial charge in [0.1, 0.15) is 11.6 Å². The van der Waals surface area contributed by atoms with E-state index in [4.69, 9.17) is 11.2 Å². The molecular formula is C16H12FNO2. The van der Waals surface area contributed by atoms with Crippen LogP contribution in [0.5, 0.6) is 5.75 Å². The van der Waals surface area contributed by atoms with Gasteiger partial charge < -0.3 is 10.1 Å². The molecule has 0 aliphatic rings. The second-order valence-electron chi connectivity index (χ2n) is 4.02. The number of carbonyl (C=O) groups excluding carboxylic acids is 1. The summed E-state index contributed by atoms with van der Waals surface area (Å²) in [6, 6.07) is 12.4. The van der Waals surface area contributed by atoms with E-state index in [2.05, 4.69) is 11.2 Å². The largest absolute Gasteiger partial charge is 0.484 e. The van der Waals surface area contributed by atoms with Gasteiger partial charge in [-0.2, -0.15) is 0 Å². The van der Waals surface area contributed by atoms with Crippen LogP contribution in [-0.2, 0) is 4.79 Å². The number of nitrogens with one attached hydrogen (secondary N) is 1. The van der Waals surface area contributed by atoms with Gasteiger partial charge in [0.2, 0.25) is 0 Å². The van der Waals surface area contributed by atoms with Gasteiger partial charge in [-0.25, -0.2) is 4.39 Å². The quantitative estimate of drug-likeness (QED) is 0.867. The molecule has 0 aromatic heterocycles. The van der Waals surface area contributed by atoms with E-state index in [9.17, 15) is 9.18 Å². The van der Waals surface area contributed by atoms with E-state index < -0.39 is 0 Å². The topological polar surface area (TPSA) is 38.3 Å². The van der Waals surface area contributed by atoms with Crippen LogP contribution in [0, 0.1) is 18.2 Å². The Morgan fingerprint density at radius 3 is 2.70 bits per heavy atom. The maximum atomic E-state index is 12.7. The molecule has 0 heterocycles. The zero-order valence-electron chi connectivity index (χ0n) is 10.6. The first kappa shape index (κ1) is 13.6. The van der Waals surface area contributed by atoms with Gasteiger partial charge in [-0.1, -0.05) is 12.0 Å². The fraction of sp³-hybridized carbons (Fsp3) is 0.0625. The van der Waals surface area contributed by atoms with Gasteiger partial charge in [-0.05, 0) is 42.5 Å². The molecule has 2 aromatic carbocycles. The molecule has 0 bridgehead atoms. The van der Waals surface area contributed by atoms with Crippen LogP contribution in [-0.4, -0.2) is 12.5 Å². The van der Waals surface area contributed by atoms with Crippen molar-refractivity contribution in [2.24, 2.45) is 0 Å². The molecule has 4 heteroatoms. The fourth-order valence-electron chi connectivity index (χ4n) is 1.56. The lowest BCUT2D eigenvalue weighted by Gasteiger charge is -2.07. The van der Waals surface area contributed by atoms with Gasteiger partial charge in [0.15, 0.2) is 6.61 Å². The van der Waals surface area contributed by atoms with Crippen LogP contribution in [0.2, 0.25) is 0 Å². The predicted molar refractivity (Wildman–Crippen MR) is 74.9 cm³/mol. The van der Waals surface area contributed by atoms with Crippen molar-refractivity contribution in [3.05, 3.63) is 59.9 Å². The second kappa shape index (κ2) is 6.39. The summed E-state index contributed by atoms with van der Waals surface area (Å²) in [7, 11) is 0. The smallest absolute Gasteiger partial charge is 0.262 e. The Balaban J connectivity index is 1.89. The molecule has 2 aromatic rings. The molecule has 0 aliphatic carbocycles. The summed E-state index contributed by atoms with van der Waals surface area (Å²) in [4.78, 5) is 11.7. The van der Waals surface area contributed by atoms with E-state index in [-0.39, 0.29) is 18.3 Å². The number of ether oxygens (including phenoxy) is 1. The molecule has 20 heavy (non-hydrogen) atoms. The van der Waals surface area contributed by atoms with Crippen molar-refractivity contribution in [1.82, 2.24) is 0 Å². The molecule has 1 amide bonds. The molecule has 3 nitrogen and oxygen atoms in total. The Morgan fingerprint density at radius 2 is 2.00 bits per heavy atom. The van der Waals surface area contributed by atoms with Gasteiger partial charge in [0.05, 0.1) is 0 Å². The van der Waals surface area contributed by atoms with Gasteiger partial charge >= 0.3 is 0 Å². The average Bonchev–Trinajstić information content (AvgIpc) is 2.47. The van der Waals surface area contributed by atoms with Crippen molar-refractivity contribution in [2.45, 2.75) is 0 Å². The number of rotatable bonds is 4. The van der Waals surface area contributed by atoms with Gasteiger partial charge in [-0.3, -0.25) is 4.79 Å². The molecule has 2 rings (SSSR count). The number of carbonyl (C=O) groups is 1. The van der Waals surface area contributed by atoms with Crippen LogP contribution >= 0.6 is 0 Å². The normalized spacial score (nSPS) is 9.60. The molecule has 0 unspecified atom stereocenters. The molecule has 0 fully saturated rings. The Hall–Kier alpha value is -2.80. The Kier molecular flexibility index (Phi) is 4.35. The van der Waals surface area contributed by atoms with Crippen molar-refractivity contribution in [3.63, 3.8) is 0 Å². The highest BCUT2D eigenvalue weighted by Crippen LogP contribution is 2.12. The van der Waals surface area contributed by atoms with Crippen LogP contribution in [0.4, 0.5) is 10.1 Å². The molecule has 0 spiro atoms. The van der Waals surface area contributed by atoms with Crippen LogP contribution in [0.25, 0.3) is 0 Å². The molecule has 0 aliphatic heterocycles. The summed E-state index contributed by atoms with van der Waals surface area (Å²) in [6.07, 6.45) is 5.28. The fourth-order valence-corrected chi connectivity index (χ4v) is 1.56. The van der Waals surface area contributed by atoms with E-state index in [1.807, 2.05) is 0 Å². The number of halogens is 1. The minimum Gasteiger partial charge on any atom is -0.484 e. The van der Waals surface area contributed by atoms with E-state index in [0.717, 1.165) is 0 Å². The lowest BCUT2D eigenvalue weighted by atomic mass is 10.2. The number of hydrogen-bond acceptors (Lipinski definition) is 2. The summed E-state index contributed by atoms with van der Waals surface area (Å²) in [5.41, 5.74) is 1.29. The summed E-state index contributed by atoms with van der Waals surface area (Å²) < 4.78 is 17.9. The molecule has 1 N–H and O–H groups in total. The first-order chi connectivity index (χ1) is 9.67. The van der Waals surface area contributed by atoms with Gasteiger partial charge in [0.25, 0.3) is 5.91 Å². The lowest BCUT2D eigenvalue weighted by Crippen LogP contribution is -2.20. The second-order valence-corrected chi connectivity index (χ2v) is 4.02. The predicted octanol–water partition coefficient (Wildman–Crippen LogP) is 2.82. The molecule has 0 radical (unpaired) electrons. The van der Waals surface area contributed by atoms with E-state index >= 15 is 0 Å². The Morgan fingerprint density at radius 1 is 1.25 bits per heavy atom. The maximum absolute atomic E-state index is 12.7.